The molecular formula is C13H11N3O5. The molecule has 0 bridgehead atoms. The van der Waals surface area contributed by atoms with Crippen molar-refractivity contribution in [1.29, 1.82) is 0 Å². The largest absolute Gasteiger partial charge is 0.465 e. The highest BCUT2D eigenvalue weighted by Crippen LogP contribution is 2.14. The van der Waals surface area contributed by atoms with E-state index in [1.807, 2.05) is 0 Å². The van der Waals surface area contributed by atoms with Gasteiger partial charge in [0, 0.05) is 11.8 Å². The second-order valence-electron chi connectivity index (χ2n) is 4.04. The van der Waals surface area contributed by atoms with E-state index in [1.54, 1.807) is 0 Å². The number of anilines is 1. The number of hydrogen-bond donors (Lipinski definition) is 2. The zero-order valence-corrected chi connectivity index (χ0v) is 11.0. The lowest BCUT2D eigenvalue weighted by Gasteiger charge is -2.03. The molecule has 1 aromatic heterocycles. The summed E-state index contributed by atoms with van der Waals surface area (Å²) in [5, 5.41) is 13.1. The zero-order chi connectivity index (χ0) is 15.4. The molecule has 2 aromatic rings. The monoisotopic (exact) mass is 289 g/mol. The van der Waals surface area contributed by atoms with Gasteiger partial charge in [-0.15, -0.1) is 0 Å². The highest BCUT2D eigenvalue weighted by Gasteiger charge is 2.15. The number of hydrogen-bond acceptors (Lipinski definition) is 5. The first kappa shape index (κ1) is 14.3. The van der Waals surface area contributed by atoms with E-state index in [2.05, 4.69) is 15.0 Å². The lowest BCUT2D eigenvalue weighted by atomic mass is 10.2. The van der Waals surface area contributed by atoms with Crippen molar-refractivity contribution in [3.05, 3.63) is 57.8 Å². The van der Waals surface area contributed by atoms with Crippen LogP contribution in [0.5, 0.6) is 0 Å². The molecule has 2 N–H and O–H groups in total. The molecule has 2 rings (SSSR count). The minimum Gasteiger partial charge on any atom is -0.465 e. The minimum absolute atomic E-state index is 0.0683. The van der Waals surface area contributed by atoms with Gasteiger partial charge >= 0.3 is 11.8 Å². The zero-order valence-electron chi connectivity index (χ0n) is 11.0. The Morgan fingerprint density at radius 1 is 1.19 bits per heavy atom. The van der Waals surface area contributed by atoms with Gasteiger partial charge in [0.2, 0.25) is 0 Å². The number of carbonyl (C=O) groups is 2. The van der Waals surface area contributed by atoms with Crippen molar-refractivity contribution in [3.63, 3.8) is 0 Å². The molecule has 0 saturated carbocycles. The maximum Gasteiger partial charge on any atom is 0.337 e. The molecule has 8 nitrogen and oxygen atoms in total. The van der Waals surface area contributed by atoms with Gasteiger partial charge in [-0.2, -0.15) is 0 Å². The maximum atomic E-state index is 11.9. The average molecular weight is 289 g/mol. The van der Waals surface area contributed by atoms with Crippen LogP contribution in [-0.2, 0) is 4.74 Å². The fourth-order valence-corrected chi connectivity index (χ4v) is 1.63. The van der Waals surface area contributed by atoms with Crippen LogP contribution < -0.4 is 5.32 Å². The number of nitro groups is 1. The quantitative estimate of drug-likeness (QED) is 0.507. The van der Waals surface area contributed by atoms with Crippen LogP contribution in [0.25, 0.3) is 0 Å². The van der Waals surface area contributed by atoms with Gasteiger partial charge in [0.05, 0.1) is 12.7 Å². The molecule has 108 valence electrons. The Balaban J connectivity index is 2.08. The highest BCUT2D eigenvalue weighted by molar-refractivity contribution is 6.03. The number of aromatic nitrogens is 1. The van der Waals surface area contributed by atoms with Crippen molar-refractivity contribution >= 4 is 23.4 Å². The smallest absolute Gasteiger partial charge is 0.337 e. The summed E-state index contributed by atoms with van der Waals surface area (Å²) >= 11 is 0. The van der Waals surface area contributed by atoms with Crippen LogP contribution in [0, 0.1) is 10.1 Å². The van der Waals surface area contributed by atoms with Crippen LogP contribution in [0.1, 0.15) is 20.8 Å². The van der Waals surface area contributed by atoms with Gasteiger partial charge in [0.15, 0.2) is 5.69 Å². The number of aromatic amines is 1. The average Bonchev–Trinajstić information content (AvgIpc) is 2.97. The molecule has 1 heterocycles. The third-order valence-corrected chi connectivity index (χ3v) is 2.68. The van der Waals surface area contributed by atoms with E-state index in [1.165, 1.54) is 43.5 Å². The summed E-state index contributed by atoms with van der Waals surface area (Å²) < 4.78 is 4.56. The maximum absolute atomic E-state index is 11.9. The Morgan fingerprint density at radius 2 is 1.86 bits per heavy atom. The van der Waals surface area contributed by atoms with Crippen LogP contribution in [0.2, 0.25) is 0 Å². The minimum atomic E-state index is -0.623. The molecule has 1 aromatic carbocycles. The number of rotatable bonds is 4. The van der Waals surface area contributed by atoms with Crippen LogP contribution in [0.3, 0.4) is 0 Å². The fraction of sp³-hybridized carbons (Fsp3) is 0.0769. The van der Waals surface area contributed by atoms with Crippen molar-refractivity contribution in [1.82, 2.24) is 4.98 Å². The molecule has 0 atom stereocenters. The second-order valence-corrected chi connectivity index (χ2v) is 4.04. The van der Waals surface area contributed by atoms with Gasteiger partial charge in [-0.1, -0.05) is 0 Å². The fourth-order valence-electron chi connectivity index (χ4n) is 1.63. The van der Waals surface area contributed by atoms with E-state index in [0.717, 1.165) is 0 Å². The summed E-state index contributed by atoms with van der Waals surface area (Å²) in [7, 11) is 1.27. The first-order valence-corrected chi connectivity index (χ1v) is 5.84. The Bertz CT molecular complexity index is 690. The predicted molar refractivity (Wildman–Crippen MR) is 73.2 cm³/mol. The number of benzene rings is 1. The van der Waals surface area contributed by atoms with E-state index in [9.17, 15) is 19.7 Å². The molecule has 0 radical (unpaired) electrons. The SMILES string of the molecule is COC(=O)c1ccc(NC(=O)c2ccc([N+](=O)[O-])[nH]2)cc1. The number of esters is 1. The highest BCUT2D eigenvalue weighted by atomic mass is 16.6. The number of nitrogens with zero attached hydrogens (tertiary/aromatic N) is 1. The molecule has 0 saturated heterocycles. The predicted octanol–water partition coefficient (Wildman–Crippen LogP) is 1.96. The molecule has 0 aliphatic rings. The van der Waals surface area contributed by atoms with Crippen molar-refractivity contribution in [3.8, 4) is 0 Å². The van der Waals surface area contributed by atoms with E-state index in [4.69, 9.17) is 0 Å². The number of nitrogens with one attached hydrogen (secondary N) is 2. The first-order valence-electron chi connectivity index (χ1n) is 5.84. The summed E-state index contributed by atoms with van der Waals surface area (Å²) in [4.78, 5) is 35.4. The number of ether oxygens (including phenoxy) is 1. The Morgan fingerprint density at radius 3 is 2.38 bits per heavy atom. The van der Waals surface area contributed by atoms with E-state index in [0.29, 0.717) is 11.3 Å². The standard InChI is InChI=1S/C13H11N3O5/c1-21-13(18)8-2-4-9(5-3-8)14-12(17)10-6-7-11(15-10)16(19)20/h2-7,15H,1H3,(H,14,17). The van der Waals surface area contributed by atoms with Crippen molar-refractivity contribution in [2.24, 2.45) is 0 Å². The summed E-state index contributed by atoms with van der Waals surface area (Å²) in [6.07, 6.45) is 0. The van der Waals surface area contributed by atoms with Crippen molar-refractivity contribution in [2.75, 3.05) is 12.4 Å². The van der Waals surface area contributed by atoms with E-state index < -0.39 is 16.8 Å². The Hall–Kier alpha value is -3.16. The first-order chi connectivity index (χ1) is 10.0. The molecular weight excluding hydrogens is 278 g/mol. The van der Waals surface area contributed by atoms with Gasteiger partial charge < -0.3 is 20.2 Å². The molecule has 0 aliphatic heterocycles. The van der Waals surface area contributed by atoms with Crippen LogP contribution in [0.15, 0.2) is 36.4 Å². The second kappa shape index (κ2) is 5.87. The van der Waals surface area contributed by atoms with Crippen LogP contribution in [0.4, 0.5) is 11.5 Å². The third-order valence-electron chi connectivity index (χ3n) is 2.68. The Labute approximate surface area is 118 Å². The molecule has 1 amide bonds. The topological polar surface area (TPSA) is 114 Å². The van der Waals surface area contributed by atoms with Gasteiger partial charge in [0.25, 0.3) is 5.91 Å². The molecule has 0 aliphatic carbocycles. The molecule has 0 spiro atoms. The van der Waals surface area contributed by atoms with E-state index in [-0.39, 0.29) is 11.5 Å². The normalized spacial score (nSPS) is 9.95. The summed E-state index contributed by atoms with van der Waals surface area (Å²) in [5.74, 6) is -1.26. The molecule has 21 heavy (non-hydrogen) atoms. The third kappa shape index (κ3) is 3.24. The Kier molecular flexibility index (Phi) is 3.98. The summed E-state index contributed by atoms with van der Waals surface area (Å²) in [6.45, 7) is 0. The lowest BCUT2D eigenvalue weighted by Crippen LogP contribution is -2.12. The number of amides is 1. The van der Waals surface area contributed by atoms with Crippen molar-refractivity contribution in [2.45, 2.75) is 0 Å². The van der Waals surface area contributed by atoms with E-state index >= 15 is 0 Å². The van der Waals surface area contributed by atoms with Crippen LogP contribution >= 0.6 is 0 Å². The number of methoxy groups -OCH3 is 1. The lowest BCUT2D eigenvalue weighted by molar-refractivity contribution is -0.389. The van der Waals surface area contributed by atoms with Gasteiger partial charge in [-0.05, 0) is 35.3 Å². The van der Waals surface area contributed by atoms with Gasteiger partial charge in [-0.3, -0.25) is 4.79 Å². The summed E-state index contributed by atoms with van der Waals surface area (Å²) in [5.41, 5.74) is 0.870. The van der Waals surface area contributed by atoms with Gasteiger partial charge in [-0.25, -0.2) is 9.78 Å². The van der Waals surface area contributed by atoms with Gasteiger partial charge in [0.1, 0.15) is 0 Å². The molecule has 0 fully saturated rings. The number of H-pyrrole nitrogens is 1. The molecule has 0 unspecified atom stereocenters. The number of carbonyl (C=O) groups excluding carboxylic acids is 2. The van der Waals surface area contributed by atoms with Crippen molar-refractivity contribution < 1.29 is 19.2 Å². The van der Waals surface area contributed by atoms with Crippen LogP contribution in [-0.4, -0.2) is 28.9 Å². The molecule has 8 heteroatoms. The summed E-state index contributed by atoms with van der Waals surface area (Å²) in [6, 6.07) is 8.58.